The molecule has 0 saturated heterocycles. The Labute approximate surface area is 146 Å². The molecule has 0 aliphatic heterocycles. The van der Waals surface area contributed by atoms with Crippen LogP contribution in [0.5, 0.6) is 5.75 Å². The zero-order valence-corrected chi connectivity index (χ0v) is 15.7. The van der Waals surface area contributed by atoms with Crippen molar-refractivity contribution in [1.82, 2.24) is 4.90 Å². The van der Waals surface area contributed by atoms with Gasteiger partial charge in [0.25, 0.3) is 0 Å². The summed E-state index contributed by atoms with van der Waals surface area (Å²) < 4.78 is 11.2. The number of nitrogens with zero attached hydrogens (tertiary/aromatic N) is 1. The highest BCUT2D eigenvalue weighted by Crippen LogP contribution is 2.24. The number of carbonyl (C=O) groups excluding carboxylic acids is 1. The minimum absolute atomic E-state index is 0.202. The van der Waals surface area contributed by atoms with Crippen molar-refractivity contribution in [2.75, 3.05) is 33.0 Å². The Morgan fingerprint density at radius 1 is 1.29 bits per heavy atom. The van der Waals surface area contributed by atoms with E-state index in [0.717, 1.165) is 19.3 Å². The van der Waals surface area contributed by atoms with E-state index in [1.54, 1.807) is 18.2 Å². The lowest BCUT2D eigenvalue weighted by molar-refractivity contribution is 0.0336. The van der Waals surface area contributed by atoms with Crippen molar-refractivity contribution in [3.63, 3.8) is 0 Å². The lowest BCUT2D eigenvalue weighted by Gasteiger charge is -2.29. The number of rotatable bonds is 10. The molecule has 136 valence electrons. The number of unbranched alkanes of at least 4 members (excludes halogenated alkanes) is 1. The van der Waals surface area contributed by atoms with Crippen LogP contribution in [0.4, 0.5) is 5.69 Å². The molecule has 1 unspecified atom stereocenters. The van der Waals surface area contributed by atoms with E-state index in [2.05, 4.69) is 25.7 Å². The first kappa shape index (κ1) is 20.3. The van der Waals surface area contributed by atoms with Gasteiger partial charge in [0, 0.05) is 6.04 Å². The van der Waals surface area contributed by atoms with Gasteiger partial charge in [-0.15, -0.1) is 0 Å². The van der Waals surface area contributed by atoms with Crippen LogP contribution in [0.2, 0.25) is 0 Å². The first-order valence-electron chi connectivity index (χ1n) is 8.76. The summed E-state index contributed by atoms with van der Waals surface area (Å²) in [6.45, 7) is 7.37. The number of benzene rings is 1. The van der Waals surface area contributed by atoms with Crippen LogP contribution in [0, 0.1) is 5.92 Å². The number of nitrogens with two attached hydrogens (primary N) is 1. The van der Waals surface area contributed by atoms with E-state index in [4.69, 9.17) is 15.2 Å². The summed E-state index contributed by atoms with van der Waals surface area (Å²) in [7, 11) is 4.01. The molecule has 0 aromatic heterocycles. The predicted octanol–water partition coefficient (Wildman–Crippen LogP) is 3.58. The van der Waals surface area contributed by atoms with Crippen molar-refractivity contribution in [3.05, 3.63) is 23.8 Å². The van der Waals surface area contributed by atoms with Crippen molar-refractivity contribution >= 4 is 11.7 Å². The van der Waals surface area contributed by atoms with Crippen LogP contribution >= 0.6 is 0 Å². The third kappa shape index (κ3) is 6.04. The number of hydrogen-bond donors (Lipinski definition) is 1. The Morgan fingerprint density at radius 2 is 2.00 bits per heavy atom. The van der Waals surface area contributed by atoms with Crippen LogP contribution < -0.4 is 10.5 Å². The monoisotopic (exact) mass is 336 g/mol. The molecule has 1 aromatic rings. The van der Waals surface area contributed by atoms with Gasteiger partial charge in [-0.3, -0.25) is 0 Å². The molecule has 1 aromatic carbocycles. The third-order valence-electron chi connectivity index (χ3n) is 4.35. The van der Waals surface area contributed by atoms with Crippen LogP contribution in [0.25, 0.3) is 0 Å². The Bertz CT molecular complexity index is 517. The molecule has 24 heavy (non-hydrogen) atoms. The fraction of sp³-hybridized carbons (Fsp3) is 0.632. The smallest absolute Gasteiger partial charge is 0.338 e. The molecule has 0 fully saturated rings. The maximum Gasteiger partial charge on any atom is 0.338 e. The van der Waals surface area contributed by atoms with Gasteiger partial charge in [0.2, 0.25) is 0 Å². The molecular weight excluding hydrogens is 304 g/mol. The molecule has 0 bridgehead atoms. The number of esters is 1. The summed E-state index contributed by atoms with van der Waals surface area (Å²) in [4.78, 5) is 14.4. The number of anilines is 1. The minimum atomic E-state index is -0.342. The molecule has 0 spiro atoms. The highest BCUT2D eigenvalue weighted by Gasteiger charge is 2.21. The molecule has 5 heteroatoms. The molecule has 0 heterocycles. The van der Waals surface area contributed by atoms with E-state index in [0.29, 0.717) is 36.1 Å². The molecular formula is C19H32N2O3. The average Bonchev–Trinajstić information content (AvgIpc) is 2.56. The highest BCUT2D eigenvalue weighted by molar-refractivity contribution is 5.90. The van der Waals surface area contributed by atoms with Gasteiger partial charge in [0.15, 0.2) is 0 Å². The fourth-order valence-electron chi connectivity index (χ4n) is 2.45. The second kappa shape index (κ2) is 10.2. The maximum atomic E-state index is 12.3. The van der Waals surface area contributed by atoms with Gasteiger partial charge in [-0.2, -0.15) is 0 Å². The zero-order valence-electron chi connectivity index (χ0n) is 15.7. The minimum Gasteiger partial charge on any atom is -0.491 e. The summed E-state index contributed by atoms with van der Waals surface area (Å²) in [5.74, 6) is 0.654. The molecule has 0 saturated carbocycles. The Morgan fingerprint density at radius 3 is 2.58 bits per heavy atom. The topological polar surface area (TPSA) is 64.8 Å². The Balaban J connectivity index is 2.71. The number of carbonyl (C=O) groups is 1. The van der Waals surface area contributed by atoms with E-state index in [9.17, 15) is 4.79 Å². The average molecular weight is 336 g/mol. The first-order valence-corrected chi connectivity index (χ1v) is 8.76. The van der Waals surface area contributed by atoms with Crippen LogP contribution in [0.15, 0.2) is 18.2 Å². The molecule has 0 aliphatic carbocycles. The van der Waals surface area contributed by atoms with Gasteiger partial charge in [-0.05, 0) is 44.6 Å². The van der Waals surface area contributed by atoms with E-state index < -0.39 is 0 Å². The van der Waals surface area contributed by atoms with Crippen molar-refractivity contribution < 1.29 is 14.3 Å². The van der Waals surface area contributed by atoms with E-state index in [1.807, 2.05) is 14.1 Å². The number of likely N-dealkylation sites (N-methyl/N-ethyl adjacent to an activating group) is 1. The lowest BCUT2D eigenvalue weighted by atomic mass is 9.99. The van der Waals surface area contributed by atoms with Gasteiger partial charge in [0.1, 0.15) is 12.4 Å². The van der Waals surface area contributed by atoms with Crippen LogP contribution in [-0.4, -0.2) is 44.2 Å². The van der Waals surface area contributed by atoms with Crippen molar-refractivity contribution in [1.29, 1.82) is 0 Å². The normalized spacial score (nSPS) is 13.6. The molecule has 0 aliphatic rings. The van der Waals surface area contributed by atoms with Gasteiger partial charge >= 0.3 is 5.97 Å². The predicted molar refractivity (Wildman–Crippen MR) is 98.5 cm³/mol. The van der Waals surface area contributed by atoms with E-state index >= 15 is 0 Å². The van der Waals surface area contributed by atoms with Gasteiger partial charge < -0.3 is 20.1 Å². The molecule has 5 nitrogen and oxygen atoms in total. The second-order valence-corrected chi connectivity index (χ2v) is 6.47. The van der Waals surface area contributed by atoms with Crippen molar-refractivity contribution in [2.45, 2.75) is 46.1 Å². The number of ether oxygens (including phenoxy) is 2. The maximum absolute atomic E-state index is 12.3. The van der Waals surface area contributed by atoms with Crippen molar-refractivity contribution in [2.24, 2.45) is 5.92 Å². The second-order valence-electron chi connectivity index (χ2n) is 6.47. The van der Waals surface area contributed by atoms with Crippen LogP contribution in [-0.2, 0) is 4.74 Å². The molecule has 2 atom stereocenters. The van der Waals surface area contributed by atoms with Gasteiger partial charge in [-0.25, -0.2) is 4.79 Å². The van der Waals surface area contributed by atoms with E-state index in [-0.39, 0.29) is 12.0 Å². The molecule has 2 N–H and O–H groups in total. The first-order chi connectivity index (χ1) is 11.4. The zero-order chi connectivity index (χ0) is 18.1. The SMILES string of the molecule is CCCCOc1cc(C(=O)OC[C@@H](C(C)CC)N(C)C)ccc1N. The highest BCUT2D eigenvalue weighted by atomic mass is 16.5. The number of hydrogen-bond acceptors (Lipinski definition) is 5. The van der Waals surface area contributed by atoms with E-state index in [1.165, 1.54) is 0 Å². The fourth-order valence-corrected chi connectivity index (χ4v) is 2.45. The summed E-state index contributed by atoms with van der Waals surface area (Å²) in [5, 5.41) is 0. The molecule has 0 radical (unpaired) electrons. The summed E-state index contributed by atoms with van der Waals surface area (Å²) in [6.07, 6.45) is 3.04. The van der Waals surface area contributed by atoms with Crippen LogP contribution in [0.3, 0.4) is 0 Å². The number of nitrogen functional groups attached to an aromatic ring is 1. The molecule has 1 rings (SSSR count). The standard InChI is InChI=1S/C19H32N2O3/c1-6-8-11-23-18-12-15(9-10-16(18)20)19(22)24-13-17(21(4)5)14(3)7-2/h9-10,12,14,17H,6-8,11,13,20H2,1-5H3/t14?,17-/m0/s1. The Hall–Kier alpha value is -1.75. The van der Waals surface area contributed by atoms with Crippen LogP contribution in [0.1, 0.15) is 50.4 Å². The summed E-state index contributed by atoms with van der Waals surface area (Å²) in [6, 6.07) is 5.24. The lowest BCUT2D eigenvalue weighted by Crippen LogP contribution is -2.38. The van der Waals surface area contributed by atoms with Crippen molar-refractivity contribution in [3.8, 4) is 5.75 Å². The largest absolute Gasteiger partial charge is 0.491 e. The third-order valence-corrected chi connectivity index (χ3v) is 4.35. The Kier molecular flexibility index (Phi) is 8.61. The summed E-state index contributed by atoms with van der Waals surface area (Å²) in [5.41, 5.74) is 6.91. The molecule has 0 amide bonds. The van der Waals surface area contributed by atoms with Gasteiger partial charge in [0.05, 0.1) is 17.9 Å². The quantitative estimate of drug-likeness (QED) is 0.402. The van der Waals surface area contributed by atoms with Gasteiger partial charge in [-0.1, -0.05) is 33.6 Å². The summed E-state index contributed by atoms with van der Waals surface area (Å²) >= 11 is 0.